The summed E-state index contributed by atoms with van der Waals surface area (Å²) in [5.74, 6) is -0.388. The van der Waals surface area contributed by atoms with Crippen LogP contribution >= 0.6 is 0 Å². The number of urea groups is 1. The lowest BCUT2D eigenvalue weighted by Gasteiger charge is -2.33. The Kier molecular flexibility index (Phi) is 4.47. The molecule has 3 amide bonds. The fraction of sp³-hybridized carbons (Fsp3) is 0.500. The fourth-order valence-corrected chi connectivity index (χ4v) is 2.94. The molecule has 2 fully saturated rings. The van der Waals surface area contributed by atoms with Crippen molar-refractivity contribution in [1.29, 1.82) is 0 Å². The Morgan fingerprint density at radius 1 is 1.39 bits per heavy atom. The summed E-state index contributed by atoms with van der Waals surface area (Å²) in [6, 6.07) is 5.47. The van der Waals surface area contributed by atoms with Crippen molar-refractivity contribution in [2.45, 2.75) is 18.6 Å². The van der Waals surface area contributed by atoms with Crippen molar-refractivity contribution in [2.75, 3.05) is 33.3 Å². The largest absolute Gasteiger partial charge is 0.370 e. The number of amides is 3. The molecule has 0 saturated carbocycles. The summed E-state index contributed by atoms with van der Waals surface area (Å²) >= 11 is 0. The van der Waals surface area contributed by atoms with Crippen molar-refractivity contribution in [3.8, 4) is 0 Å². The molecule has 2 aliphatic heterocycles. The molecule has 2 unspecified atom stereocenters. The van der Waals surface area contributed by atoms with E-state index in [1.54, 1.807) is 29.0 Å². The van der Waals surface area contributed by atoms with Gasteiger partial charge in [0, 0.05) is 20.1 Å². The minimum atomic E-state index is -0.456. The van der Waals surface area contributed by atoms with Crippen molar-refractivity contribution >= 4 is 11.9 Å². The quantitative estimate of drug-likeness (QED) is 0.888. The minimum absolute atomic E-state index is 0.0618. The van der Waals surface area contributed by atoms with Crippen LogP contribution in [0.5, 0.6) is 0 Å². The number of carbonyl (C=O) groups excluding carboxylic acids is 2. The van der Waals surface area contributed by atoms with E-state index >= 15 is 0 Å². The second kappa shape index (κ2) is 6.54. The maximum absolute atomic E-state index is 13.3. The maximum atomic E-state index is 13.3. The minimum Gasteiger partial charge on any atom is -0.370 e. The van der Waals surface area contributed by atoms with Gasteiger partial charge in [-0.1, -0.05) is 12.1 Å². The molecule has 0 spiro atoms. The summed E-state index contributed by atoms with van der Waals surface area (Å²) in [5.41, 5.74) is 0.708. The second-order valence-electron chi connectivity index (χ2n) is 5.91. The molecular formula is C16H20FN3O3. The van der Waals surface area contributed by atoms with E-state index in [1.165, 1.54) is 12.1 Å². The monoisotopic (exact) mass is 321 g/mol. The number of halogens is 1. The van der Waals surface area contributed by atoms with E-state index in [2.05, 4.69) is 5.32 Å². The van der Waals surface area contributed by atoms with Crippen LogP contribution in [0.2, 0.25) is 0 Å². The molecule has 2 heterocycles. The van der Waals surface area contributed by atoms with Gasteiger partial charge in [0.2, 0.25) is 5.91 Å². The van der Waals surface area contributed by atoms with Crippen molar-refractivity contribution in [2.24, 2.45) is 0 Å². The molecule has 2 saturated heterocycles. The Morgan fingerprint density at radius 3 is 2.91 bits per heavy atom. The zero-order valence-electron chi connectivity index (χ0n) is 13.0. The van der Waals surface area contributed by atoms with E-state index in [1.807, 2.05) is 0 Å². The standard InChI is InChI=1S/C16H20FN3O3/c1-19-6-5-13(15(19)21)18-16(22)20-7-8-23-14(10-20)11-3-2-4-12(17)9-11/h2-4,9,13-14H,5-8,10H2,1H3,(H,18,22). The summed E-state index contributed by atoms with van der Waals surface area (Å²) in [5, 5.41) is 2.78. The van der Waals surface area contributed by atoms with Gasteiger partial charge in [-0.2, -0.15) is 0 Å². The summed E-state index contributed by atoms with van der Waals surface area (Å²) in [7, 11) is 1.73. The highest BCUT2D eigenvalue weighted by Crippen LogP contribution is 2.23. The normalized spacial score (nSPS) is 24.9. The van der Waals surface area contributed by atoms with Crippen molar-refractivity contribution in [3.05, 3.63) is 35.6 Å². The summed E-state index contributed by atoms with van der Waals surface area (Å²) in [6.07, 6.45) is 0.269. The van der Waals surface area contributed by atoms with Gasteiger partial charge in [0.1, 0.15) is 18.0 Å². The Morgan fingerprint density at radius 2 is 2.22 bits per heavy atom. The van der Waals surface area contributed by atoms with E-state index in [0.29, 0.717) is 38.2 Å². The number of nitrogens with zero attached hydrogens (tertiary/aromatic N) is 2. The molecule has 7 heteroatoms. The SMILES string of the molecule is CN1CCC(NC(=O)N2CCOC(c3cccc(F)c3)C2)C1=O. The van der Waals surface area contributed by atoms with Gasteiger partial charge in [-0.25, -0.2) is 9.18 Å². The lowest BCUT2D eigenvalue weighted by molar-refractivity contribution is -0.128. The van der Waals surface area contributed by atoms with E-state index in [4.69, 9.17) is 4.74 Å². The third-order valence-electron chi connectivity index (χ3n) is 4.30. The Hall–Kier alpha value is -2.15. The zero-order valence-corrected chi connectivity index (χ0v) is 13.0. The van der Waals surface area contributed by atoms with Crippen LogP contribution in [0.25, 0.3) is 0 Å². The van der Waals surface area contributed by atoms with Crippen LogP contribution in [-0.4, -0.2) is 61.1 Å². The third-order valence-corrected chi connectivity index (χ3v) is 4.30. The average molecular weight is 321 g/mol. The number of likely N-dealkylation sites (N-methyl/N-ethyl adjacent to an activating group) is 1. The highest BCUT2D eigenvalue weighted by atomic mass is 19.1. The number of rotatable bonds is 2. The van der Waals surface area contributed by atoms with Crippen LogP contribution in [0.3, 0.4) is 0 Å². The van der Waals surface area contributed by atoms with Gasteiger partial charge in [0.25, 0.3) is 0 Å². The van der Waals surface area contributed by atoms with E-state index in [0.717, 1.165) is 0 Å². The van der Waals surface area contributed by atoms with Crippen LogP contribution in [0, 0.1) is 5.82 Å². The van der Waals surface area contributed by atoms with E-state index in [-0.39, 0.29) is 23.9 Å². The van der Waals surface area contributed by atoms with Crippen LogP contribution < -0.4 is 5.32 Å². The molecular weight excluding hydrogens is 301 g/mol. The van der Waals surface area contributed by atoms with Crippen LogP contribution in [0.1, 0.15) is 18.1 Å². The molecule has 1 aromatic carbocycles. The number of likely N-dealkylation sites (tertiary alicyclic amines) is 1. The van der Waals surface area contributed by atoms with Crippen molar-refractivity contribution in [3.63, 3.8) is 0 Å². The first-order chi connectivity index (χ1) is 11.0. The number of hydrogen-bond acceptors (Lipinski definition) is 3. The first-order valence-corrected chi connectivity index (χ1v) is 7.72. The number of benzene rings is 1. The molecule has 6 nitrogen and oxygen atoms in total. The highest BCUT2D eigenvalue weighted by molar-refractivity contribution is 5.88. The smallest absolute Gasteiger partial charge is 0.318 e. The van der Waals surface area contributed by atoms with Gasteiger partial charge >= 0.3 is 6.03 Å². The van der Waals surface area contributed by atoms with Gasteiger partial charge < -0.3 is 19.9 Å². The van der Waals surface area contributed by atoms with Gasteiger partial charge in [-0.05, 0) is 24.1 Å². The molecule has 0 radical (unpaired) electrons. The predicted molar refractivity (Wildman–Crippen MR) is 81.2 cm³/mol. The first kappa shape index (κ1) is 15.7. The van der Waals surface area contributed by atoms with Gasteiger partial charge in [0.15, 0.2) is 0 Å². The topological polar surface area (TPSA) is 61.9 Å². The lowest BCUT2D eigenvalue weighted by atomic mass is 10.1. The maximum Gasteiger partial charge on any atom is 0.318 e. The molecule has 2 aliphatic rings. The zero-order chi connectivity index (χ0) is 16.4. The molecule has 3 rings (SSSR count). The Labute approximate surface area is 134 Å². The van der Waals surface area contributed by atoms with E-state index in [9.17, 15) is 14.0 Å². The molecule has 23 heavy (non-hydrogen) atoms. The Bertz CT molecular complexity index is 610. The summed E-state index contributed by atoms with van der Waals surface area (Å²) < 4.78 is 19.0. The Balaban J connectivity index is 1.62. The molecule has 2 atom stereocenters. The summed E-state index contributed by atoms with van der Waals surface area (Å²) in [4.78, 5) is 27.5. The molecule has 1 aromatic rings. The van der Waals surface area contributed by atoms with Crippen molar-refractivity contribution in [1.82, 2.24) is 15.1 Å². The fourth-order valence-electron chi connectivity index (χ4n) is 2.94. The predicted octanol–water partition coefficient (Wildman–Crippen LogP) is 1.14. The van der Waals surface area contributed by atoms with E-state index < -0.39 is 6.04 Å². The van der Waals surface area contributed by atoms with Gasteiger partial charge in [0.05, 0.1) is 13.2 Å². The van der Waals surface area contributed by atoms with Crippen LogP contribution in [-0.2, 0) is 9.53 Å². The molecule has 0 aliphatic carbocycles. The third kappa shape index (κ3) is 3.44. The first-order valence-electron chi connectivity index (χ1n) is 7.72. The molecule has 124 valence electrons. The van der Waals surface area contributed by atoms with Crippen LogP contribution in [0.15, 0.2) is 24.3 Å². The highest BCUT2D eigenvalue weighted by Gasteiger charge is 2.33. The van der Waals surface area contributed by atoms with Gasteiger partial charge in [-0.3, -0.25) is 4.79 Å². The van der Waals surface area contributed by atoms with Crippen LogP contribution in [0.4, 0.5) is 9.18 Å². The number of morpholine rings is 1. The van der Waals surface area contributed by atoms with Gasteiger partial charge in [-0.15, -0.1) is 0 Å². The molecule has 0 bridgehead atoms. The lowest BCUT2D eigenvalue weighted by Crippen LogP contribution is -2.51. The van der Waals surface area contributed by atoms with Crippen molar-refractivity contribution < 1.29 is 18.7 Å². The molecule has 0 aromatic heterocycles. The number of nitrogens with one attached hydrogen (secondary N) is 1. The second-order valence-corrected chi connectivity index (χ2v) is 5.91. The average Bonchev–Trinajstić information content (AvgIpc) is 2.87. The number of ether oxygens (including phenoxy) is 1. The number of carbonyl (C=O) groups is 2. The summed E-state index contributed by atoms with van der Waals surface area (Å²) in [6.45, 7) is 1.83. The molecule has 1 N–H and O–H groups in total. The number of hydrogen-bond donors (Lipinski definition) is 1.